The highest BCUT2D eigenvalue weighted by molar-refractivity contribution is 7.47. The number of phosphoric ester groups is 1. The van der Waals surface area contributed by atoms with Crippen LogP contribution in [0.3, 0.4) is 0 Å². The lowest BCUT2D eigenvalue weighted by Gasteiger charge is -2.20. The molecule has 1 heterocycles. The van der Waals surface area contributed by atoms with Gasteiger partial charge in [-0.05, 0) is 57.3 Å². The summed E-state index contributed by atoms with van der Waals surface area (Å²) in [6.45, 7) is 4.51. The van der Waals surface area contributed by atoms with Crippen LogP contribution in [0, 0.1) is 5.92 Å². The summed E-state index contributed by atoms with van der Waals surface area (Å²) in [6, 6.07) is 0. The van der Waals surface area contributed by atoms with Crippen molar-refractivity contribution in [3.63, 3.8) is 0 Å². The molecule has 0 aromatic rings. The number of phosphoric acid groups is 1. The van der Waals surface area contributed by atoms with Crippen molar-refractivity contribution < 1.29 is 52.5 Å². The summed E-state index contributed by atoms with van der Waals surface area (Å²) in [5, 5.41) is 18.3. The molecule has 0 saturated carbocycles. The third-order valence-corrected chi connectivity index (χ3v) is 9.69. The van der Waals surface area contributed by atoms with Crippen LogP contribution >= 0.6 is 7.82 Å². The fourth-order valence-corrected chi connectivity index (χ4v) is 5.97. The Kier molecular flexibility index (Phi) is 28.3. The molecule has 0 spiro atoms. The van der Waals surface area contributed by atoms with E-state index in [1.165, 1.54) is 44.9 Å². The third-order valence-electron chi connectivity index (χ3n) is 8.74. The van der Waals surface area contributed by atoms with Crippen LogP contribution in [0.25, 0.3) is 0 Å². The number of allylic oxidation sites excluding steroid dienone is 4. The van der Waals surface area contributed by atoms with Crippen molar-refractivity contribution in [2.45, 2.75) is 167 Å². The van der Waals surface area contributed by atoms with E-state index in [-0.39, 0.29) is 19.4 Å². The minimum atomic E-state index is -4.63. The number of aliphatic hydroxyl groups is 2. The number of epoxide rings is 1. The smallest absolute Gasteiger partial charge is 0.462 e. The van der Waals surface area contributed by atoms with Gasteiger partial charge in [-0.3, -0.25) is 18.6 Å². The van der Waals surface area contributed by atoms with Crippen LogP contribution in [0.4, 0.5) is 0 Å². The van der Waals surface area contributed by atoms with Gasteiger partial charge in [0.2, 0.25) is 0 Å². The molecule has 1 fully saturated rings. The third kappa shape index (κ3) is 28.3. The molecule has 0 amide bonds. The van der Waals surface area contributed by atoms with E-state index in [2.05, 4.69) is 55.7 Å². The van der Waals surface area contributed by atoms with Gasteiger partial charge in [0.1, 0.15) is 12.7 Å². The summed E-state index contributed by atoms with van der Waals surface area (Å²) in [7, 11) is -4.63. The van der Waals surface area contributed by atoms with Gasteiger partial charge in [0.25, 0.3) is 0 Å². The van der Waals surface area contributed by atoms with Crippen molar-refractivity contribution in [3.8, 4) is 0 Å². The van der Waals surface area contributed by atoms with Crippen molar-refractivity contribution in [2.75, 3.05) is 26.4 Å². The summed E-state index contributed by atoms with van der Waals surface area (Å²) in [6.07, 6.45) is 28.8. The van der Waals surface area contributed by atoms with E-state index in [9.17, 15) is 24.2 Å². The molecule has 3 N–H and O–H groups in total. The van der Waals surface area contributed by atoms with Crippen LogP contribution < -0.4 is 0 Å². The molecule has 6 atom stereocenters. The van der Waals surface area contributed by atoms with Gasteiger partial charge in [-0.25, -0.2) is 4.57 Å². The highest BCUT2D eigenvalue weighted by Crippen LogP contribution is 2.43. The average molecular weight is 745 g/mol. The summed E-state index contributed by atoms with van der Waals surface area (Å²) < 4.78 is 38.2. The van der Waals surface area contributed by atoms with E-state index in [0.717, 1.165) is 50.9 Å². The van der Waals surface area contributed by atoms with E-state index in [1.807, 2.05) is 6.08 Å². The first-order valence-corrected chi connectivity index (χ1v) is 21.0. The predicted octanol–water partition coefficient (Wildman–Crippen LogP) is 8.45. The van der Waals surface area contributed by atoms with E-state index >= 15 is 0 Å². The molecule has 1 rings (SSSR count). The molecule has 0 aliphatic carbocycles. The Balaban J connectivity index is 2.33. The minimum Gasteiger partial charge on any atom is -0.462 e. The SMILES string of the molecule is CCCCC/C=C\CC1OC1C/C=C\C/C=C\CCCC(=O)OC[C@H](COP(=O)(O)OC[C@@H](O)CO)OC(=O)CCCCCCCCC(C)CC. The Morgan fingerprint density at radius 3 is 2.08 bits per heavy atom. The molecule has 12 heteroatoms. The molecule has 11 nitrogen and oxygen atoms in total. The van der Waals surface area contributed by atoms with E-state index < -0.39 is 51.8 Å². The normalized spacial score (nSPS) is 19.0. The molecule has 296 valence electrons. The second-order valence-electron chi connectivity index (χ2n) is 13.6. The minimum absolute atomic E-state index is 0.160. The number of carbonyl (C=O) groups excluding carboxylic acids is 2. The fourth-order valence-electron chi connectivity index (χ4n) is 5.18. The summed E-state index contributed by atoms with van der Waals surface area (Å²) in [5.41, 5.74) is 0. The Morgan fingerprint density at radius 1 is 0.765 bits per heavy atom. The zero-order chi connectivity index (χ0) is 37.6. The maximum absolute atomic E-state index is 12.5. The first-order chi connectivity index (χ1) is 24.6. The molecule has 0 radical (unpaired) electrons. The standard InChI is InChI=1S/C39H69O11P/c1-4-6-7-8-15-20-25-36-37(50-36)26-21-16-10-9-11-17-22-27-38(42)46-31-35(32-48-51(44,45)47-30-34(41)29-40)49-39(43)28-23-18-13-12-14-19-24-33(3)5-2/h9,11,15-16,20-21,33-37,40-41H,4-8,10,12-14,17-19,22-32H2,1-3H3,(H,44,45)/b11-9-,20-15-,21-16-/t33?,34-,35+,36?,37?/m0/s1. The first kappa shape index (κ1) is 47.2. The highest BCUT2D eigenvalue weighted by atomic mass is 31.2. The van der Waals surface area contributed by atoms with Crippen LogP contribution in [-0.2, 0) is 37.4 Å². The van der Waals surface area contributed by atoms with Crippen molar-refractivity contribution in [1.29, 1.82) is 0 Å². The van der Waals surface area contributed by atoms with E-state index in [0.29, 0.717) is 31.5 Å². The molecule has 1 saturated heterocycles. The van der Waals surface area contributed by atoms with Gasteiger partial charge >= 0.3 is 19.8 Å². The Labute approximate surface area is 307 Å². The quantitative estimate of drug-likeness (QED) is 0.0191. The lowest BCUT2D eigenvalue weighted by atomic mass is 10.00. The number of hydrogen-bond acceptors (Lipinski definition) is 10. The average Bonchev–Trinajstić information content (AvgIpc) is 3.87. The Bertz CT molecular complexity index is 1030. The second kappa shape index (κ2) is 30.6. The van der Waals surface area contributed by atoms with Gasteiger partial charge in [-0.15, -0.1) is 0 Å². The monoisotopic (exact) mass is 744 g/mol. The Morgan fingerprint density at radius 2 is 1.37 bits per heavy atom. The molecular formula is C39H69O11P. The molecule has 0 bridgehead atoms. The summed E-state index contributed by atoms with van der Waals surface area (Å²) in [4.78, 5) is 34.8. The zero-order valence-corrected chi connectivity index (χ0v) is 32.6. The molecule has 51 heavy (non-hydrogen) atoms. The number of hydrogen-bond donors (Lipinski definition) is 3. The number of rotatable bonds is 34. The largest absolute Gasteiger partial charge is 0.472 e. The van der Waals surface area contributed by atoms with Gasteiger partial charge < -0.3 is 29.3 Å². The molecular weight excluding hydrogens is 675 g/mol. The lowest BCUT2D eigenvalue weighted by Crippen LogP contribution is -2.29. The number of ether oxygens (including phenoxy) is 3. The highest BCUT2D eigenvalue weighted by Gasteiger charge is 2.36. The van der Waals surface area contributed by atoms with Crippen molar-refractivity contribution in [2.24, 2.45) is 5.92 Å². The number of unbranched alkanes of at least 4 members (excludes halogenated alkanes) is 9. The van der Waals surface area contributed by atoms with Crippen LogP contribution in [0.5, 0.6) is 0 Å². The predicted molar refractivity (Wildman–Crippen MR) is 200 cm³/mol. The van der Waals surface area contributed by atoms with Gasteiger partial charge in [0.15, 0.2) is 6.10 Å². The van der Waals surface area contributed by atoms with Gasteiger partial charge in [0, 0.05) is 12.8 Å². The van der Waals surface area contributed by atoms with Crippen molar-refractivity contribution in [3.05, 3.63) is 36.5 Å². The molecule has 1 aliphatic rings. The van der Waals surface area contributed by atoms with Gasteiger partial charge in [-0.2, -0.15) is 0 Å². The molecule has 0 aromatic heterocycles. The summed E-state index contributed by atoms with van der Waals surface area (Å²) in [5.74, 6) is -0.245. The molecule has 4 unspecified atom stereocenters. The van der Waals surface area contributed by atoms with Crippen molar-refractivity contribution >= 4 is 19.8 Å². The lowest BCUT2D eigenvalue weighted by molar-refractivity contribution is -0.161. The summed E-state index contributed by atoms with van der Waals surface area (Å²) >= 11 is 0. The number of carbonyl (C=O) groups is 2. The van der Waals surface area contributed by atoms with Crippen molar-refractivity contribution in [1.82, 2.24) is 0 Å². The van der Waals surface area contributed by atoms with Gasteiger partial charge in [0.05, 0.1) is 32.0 Å². The molecule has 0 aromatic carbocycles. The second-order valence-corrected chi connectivity index (χ2v) is 15.0. The Hall–Kier alpha value is -1.85. The van der Waals surface area contributed by atoms with E-state index in [1.54, 1.807) is 0 Å². The van der Waals surface area contributed by atoms with Crippen LogP contribution in [0.1, 0.15) is 143 Å². The van der Waals surface area contributed by atoms with Crippen LogP contribution in [0.15, 0.2) is 36.5 Å². The zero-order valence-electron chi connectivity index (χ0n) is 31.7. The number of aliphatic hydroxyl groups excluding tert-OH is 2. The fraction of sp³-hybridized carbons (Fsp3) is 0.795. The van der Waals surface area contributed by atoms with Gasteiger partial charge in [-0.1, -0.05) is 115 Å². The maximum Gasteiger partial charge on any atom is 0.472 e. The first-order valence-electron chi connectivity index (χ1n) is 19.5. The molecule has 1 aliphatic heterocycles. The van der Waals surface area contributed by atoms with Crippen LogP contribution in [0.2, 0.25) is 0 Å². The number of esters is 2. The topological polar surface area (TPSA) is 161 Å². The maximum atomic E-state index is 12.5. The van der Waals surface area contributed by atoms with Crippen LogP contribution in [-0.4, -0.2) is 77.9 Å². The van der Waals surface area contributed by atoms with E-state index in [4.69, 9.17) is 23.8 Å².